The van der Waals surface area contributed by atoms with E-state index >= 15 is 0 Å². The Hall–Kier alpha value is -7.30. The number of benzene rings is 8. The van der Waals surface area contributed by atoms with Crippen LogP contribution in [0.25, 0.3) is 99.7 Å². The smallest absolute Gasteiger partial charge is 0.145 e. The van der Waals surface area contributed by atoms with E-state index in [1.165, 1.54) is 27.2 Å². The molecule has 0 bridgehead atoms. The van der Waals surface area contributed by atoms with E-state index < -0.39 is 0 Å². The highest BCUT2D eigenvalue weighted by molar-refractivity contribution is 6.25. The van der Waals surface area contributed by atoms with Crippen LogP contribution in [0.4, 0.5) is 0 Å². The third-order valence-corrected chi connectivity index (χ3v) is 10.7. The maximum Gasteiger partial charge on any atom is 0.145 e. The lowest BCUT2D eigenvalue weighted by atomic mass is 9.96. The number of pyridine rings is 1. The van der Waals surface area contributed by atoms with Gasteiger partial charge in [-0.25, -0.2) is 9.97 Å². The van der Waals surface area contributed by atoms with Crippen LogP contribution in [0.5, 0.6) is 0 Å². The van der Waals surface area contributed by atoms with Gasteiger partial charge in [0, 0.05) is 44.0 Å². The first-order valence-electron chi connectivity index (χ1n) is 18.3. The minimum absolute atomic E-state index is 0.935. The lowest BCUT2D eigenvalue weighted by Gasteiger charge is -2.15. The SMILES string of the molecule is c1ccc(-c2nc3ccccc3n2-c2ccc(-c3ccc(-c4nc5ccccc5c5ccc6c7ccccc7n(-c7ccccc7)c6c45)cc3)cc2)cc1. The van der Waals surface area contributed by atoms with Crippen LogP contribution in [0.3, 0.4) is 0 Å². The Labute approximate surface area is 311 Å². The Morgan fingerprint density at radius 3 is 1.63 bits per heavy atom. The van der Waals surface area contributed by atoms with Crippen molar-refractivity contribution in [2.45, 2.75) is 0 Å². The molecular weight excluding hydrogens is 657 g/mol. The summed E-state index contributed by atoms with van der Waals surface area (Å²) in [6, 6.07) is 68.9. The number of hydrogen-bond donors (Lipinski definition) is 0. The van der Waals surface area contributed by atoms with Crippen molar-refractivity contribution < 1.29 is 0 Å². The number of nitrogens with zero attached hydrogens (tertiary/aromatic N) is 4. The van der Waals surface area contributed by atoms with Crippen molar-refractivity contribution in [2.24, 2.45) is 0 Å². The Morgan fingerprint density at radius 2 is 0.870 bits per heavy atom. The average molecular weight is 689 g/mol. The summed E-state index contributed by atoms with van der Waals surface area (Å²) in [6.07, 6.45) is 0. The quantitative estimate of drug-likeness (QED) is 0.169. The predicted octanol–water partition coefficient (Wildman–Crippen LogP) is 12.8. The van der Waals surface area contributed by atoms with Crippen molar-refractivity contribution in [2.75, 3.05) is 0 Å². The number of fused-ring (bicyclic) bond motifs is 8. The average Bonchev–Trinajstić information content (AvgIpc) is 3.81. The molecular formula is C50H32N4. The molecule has 0 atom stereocenters. The van der Waals surface area contributed by atoms with Gasteiger partial charge in [-0.05, 0) is 65.0 Å². The monoisotopic (exact) mass is 688 g/mol. The first kappa shape index (κ1) is 30.3. The number of hydrogen-bond acceptors (Lipinski definition) is 2. The fourth-order valence-corrected chi connectivity index (χ4v) is 8.24. The summed E-state index contributed by atoms with van der Waals surface area (Å²) in [5.74, 6) is 0.935. The molecule has 0 fully saturated rings. The molecule has 11 aromatic rings. The molecule has 252 valence electrons. The Morgan fingerprint density at radius 1 is 0.315 bits per heavy atom. The molecule has 3 aromatic heterocycles. The third-order valence-electron chi connectivity index (χ3n) is 10.7. The molecule has 0 radical (unpaired) electrons. The summed E-state index contributed by atoms with van der Waals surface area (Å²) in [5.41, 5.74) is 13.1. The van der Waals surface area contributed by atoms with E-state index in [0.29, 0.717) is 0 Å². The predicted molar refractivity (Wildman–Crippen MR) is 225 cm³/mol. The van der Waals surface area contributed by atoms with Gasteiger partial charge in [-0.15, -0.1) is 0 Å². The summed E-state index contributed by atoms with van der Waals surface area (Å²) >= 11 is 0. The molecule has 54 heavy (non-hydrogen) atoms. The van der Waals surface area contributed by atoms with Crippen LogP contribution < -0.4 is 0 Å². The van der Waals surface area contributed by atoms with Crippen molar-refractivity contribution >= 4 is 54.5 Å². The summed E-state index contributed by atoms with van der Waals surface area (Å²) < 4.78 is 4.67. The van der Waals surface area contributed by atoms with Gasteiger partial charge in [0.05, 0.1) is 33.3 Å². The van der Waals surface area contributed by atoms with E-state index in [0.717, 1.165) is 72.5 Å². The highest BCUT2D eigenvalue weighted by Crippen LogP contribution is 2.42. The Balaban J connectivity index is 1.06. The van der Waals surface area contributed by atoms with Gasteiger partial charge in [-0.1, -0.05) is 146 Å². The van der Waals surface area contributed by atoms with Crippen LogP contribution in [0, 0.1) is 0 Å². The first-order chi connectivity index (χ1) is 26.8. The lowest BCUT2D eigenvalue weighted by Crippen LogP contribution is -1.97. The fraction of sp³-hybridized carbons (Fsp3) is 0. The zero-order valence-electron chi connectivity index (χ0n) is 29.3. The van der Waals surface area contributed by atoms with E-state index in [-0.39, 0.29) is 0 Å². The van der Waals surface area contributed by atoms with Crippen LogP contribution in [0.1, 0.15) is 0 Å². The fourth-order valence-electron chi connectivity index (χ4n) is 8.24. The van der Waals surface area contributed by atoms with Crippen LogP contribution in [-0.4, -0.2) is 19.1 Å². The second kappa shape index (κ2) is 12.1. The second-order valence-electron chi connectivity index (χ2n) is 13.8. The van der Waals surface area contributed by atoms with Gasteiger partial charge in [0.1, 0.15) is 5.82 Å². The second-order valence-corrected chi connectivity index (χ2v) is 13.8. The van der Waals surface area contributed by atoms with Gasteiger partial charge in [0.25, 0.3) is 0 Å². The number of imidazole rings is 1. The van der Waals surface area contributed by atoms with Gasteiger partial charge < -0.3 is 4.57 Å². The van der Waals surface area contributed by atoms with Crippen molar-refractivity contribution in [3.8, 4) is 45.1 Å². The number of para-hydroxylation sites is 5. The van der Waals surface area contributed by atoms with Gasteiger partial charge in [0.2, 0.25) is 0 Å². The molecule has 4 heteroatoms. The molecule has 0 spiro atoms. The molecule has 0 aliphatic carbocycles. The van der Waals surface area contributed by atoms with Gasteiger partial charge in [-0.3, -0.25) is 4.57 Å². The molecule has 0 aliphatic rings. The van der Waals surface area contributed by atoms with E-state index in [4.69, 9.17) is 9.97 Å². The normalized spacial score (nSPS) is 11.7. The van der Waals surface area contributed by atoms with Gasteiger partial charge >= 0.3 is 0 Å². The molecule has 0 aliphatic heterocycles. The van der Waals surface area contributed by atoms with Crippen LogP contribution in [-0.2, 0) is 0 Å². The minimum atomic E-state index is 0.935. The Bertz CT molecular complexity index is 3170. The molecule has 0 saturated carbocycles. The largest absolute Gasteiger partial charge is 0.309 e. The molecule has 0 N–H and O–H groups in total. The maximum atomic E-state index is 5.41. The van der Waals surface area contributed by atoms with Crippen molar-refractivity contribution in [1.29, 1.82) is 0 Å². The molecule has 3 heterocycles. The maximum absolute atomic E-state index is 5.41. The molecule has 0 unspecified atom stereocenters. The van der Waals surface area contributed by atoms with Crippen molar-refractivity contribution in [3.05, 3.63) is 194 Å². The van der Waals surface area contributed by atoms with E-state index in [9.17, 15) is 0 Å². The van der Waals surface area contributed by atoms with Gasteiger partial charge in [-0.2, -0.15) is 0 Å². The molecule has 0 amide bonds. The highest BCUT2D eigenvalue weighted by Gasteiger charge is 2.20. The molecule has 8 aromatic carbocycles. The topological polar surface area (TPSA) is 35.6 Å². The van der Waals surface area contributed by atoms with E-state index in [2.05, 4.69) is 191 Å². The van der Waals surface area contributed by atoms with Crippen LogP contribution in [0.2, 0.25) is 0 Å². The first-order valence-corrected chi connectivity index (χ1v) is 18.3. The van der Waals surface area contributed by atoms with Crippen LogP contribution >= 0.6 is 0 Å². The summed E-state index contributed by atoms with van der Waals surface area (Å²) in [5, 5.41) is 5.96. The van der Waals surface area contributed by atoms with Gasteiger partial charge in [0.15, 0.2) is 0 Å². The summed E-state index contributed by atoms with van der Waals surface area (Å²) in [6.45, 7) is 0. The number of rotatable bonds is 5. The molecule has 0 saturated heterocycles. The molecule has 4 nitrogen and oxygen atoms in total. The van der Waals surface area contributed by atoms with E-state index in [1.807, 2.05) is 12.1 Å². The standard InChI is InChI=1S/C50H32N4/c1-3-13-36(14-4-1)50-52-44-20-10-12-22-46(44)54(50)38-29-27-34(28-30-38)33-23-25-35(26-24-33)48-47-41(39-17-7-9-19-43(39)51-48)31-32-42-40-18-8-11-21-45(40)53(49(42)47)37-15-5-2-6-16-37/h1-32H. The van der Waals surface area contributed by atoms with Crippen LogP contribution in [0.15, 0.2) is 194 Å². The molecule has 11 rings (SSSR count). The number of aromatic nitrogens is 4. The Kier molecular flexibility index (Phi) is 6.82. The highest BCUT2D eigenvalue weighted by atomic mass is 15.1. The zero-order chi connectivity index (χ0) is 35.6. The summed E-state index contributed by atoms with van der Waals surface area (Å²) in [7, 11) is 0. The van der Waals surface area contributed by atoms with E-state index in [1.54, 1.807) is 0 Å². The third kappa shape index (κ3) is 4.70. The minimum Gasteiger partial charge on any atom is -0.309 e. The zero-order valence-corrected chi connectivity index (χ0v) is 29.3. The lowest BCUT2D eigenvalue weighted by molar-refractivity contribution is 1.10. The summed E-state index contributed by atoms with van der Waals surface area (Å²) in [4.78, 5) is 10.4. The van der Waals surface area contributed by atoms with Crippen molar-refractivity contribution in [3.63, 3.8) is 0 Å². The van der Waals surface area contributed by atoms with Crippen molar-refractivity contribution in [1.82, 2.24) is 19.1 Å².